The number of rotatable bonds is 4. The third kappa shape index (κ3) is 4.34. The minimum Gasteiger partial charge on any atom is -0.397 e. The van der Waals surface area contributed by atoms with E-state index in [1.165, 1.54) is 6.20 Å². The maximum Gasteiger partial charge on any atom is 0.276 e. The standard InChI is InChI=1S/C21H22ClN7O/c22-13-3-5-16(26-10-13)17-6-4-15(24)20(27-17)21(30)28-18-11-25-8-7-19(18)29-9-1-2-14(23)12-29/h3-8,10-11,14H,1-2,9,12,23-24H2,(H,28,30)/t14-/m0/s1. The number of nitrogens with zero attached hydrogens (tertiary/aromatic N) is 4. The largest absolute Gasteiger partial charge is 0.397 e. The van der Waals surface area contributed by atoms with Gasteiger partial charge in [0.05, 0.1) is 39.7 Å². The molecule has 1 atom stereocenters. The highest BCUT2D eigenvalue weighted by Gasteiger charge is 2.21. The summed E-state index contributed by atoms with van der Waals surface area (Å²) in [7, 11) is 0. The van der Waals surface area contributed by atoms with Gasteiger partial charge in [0, 0.05) is 31.5 Å². The van der Waals surface area contributed by atoms with Crippen molar-refractivity contribution < 1.29 is 4.79 Å². The monoisotopic (exact) mass is 423 g/mol. The van der Waals surface area contributed by atoms with Gasteiger partial charge in [-0.3, -0.25) is 14.8 Å². The maximum absolute atomic E-state index is 13.0. The number of piperidine rings is 1. The average Bonchev–Trinajstić information content (AvgIpc) is 2.75. The van der Waals surface area contributed by atoms with Crippen molar-refractivity contribution in [3.05, 3.63) is 59.6 Å². The van der Waals surface area contributed by atoms with Gasteiger partial charge in [0.1, 0.15) is 0 Å². The quantitative estimate of drug-likeness (QED) is 0.589. The Morgan fingerprint density at radius 1 is 1.17 bits per heavy atom. The lowest BCUT2D eigenvalue weighted by atomic mass is 10.1. The zero-order chi connectivity index (χ0) is 21.1. The lowest BCUT2D eigenvalue weighted by molar-refractivity contribution is 0.102. The second kappa shape index (κ2) is 8.64. The van der Waals surface area contributed by atoms with Gasteiger partial charge in [-0.05, 0) is 43.2 Å². The van der Waals surface area contributed by atoms with E-state index in [1.54, 1.807) is 36.7 Å². The molecule has 4 heterocycles. The van der Waals surface area contributed by atoms with E-state index in [9.17, 15) is 4.79 Å². The predicted octanol–water partition coefficient (Wildman–Crippen LogP) is 2.95. The number of anilines is 3. The van der Waals surface area contributed by atoms with Crippen LogP contribution < -0.4 is 21.7 Å². The molecule has 0 unspecified atom stereocenters. The summed E-state index contributed by atoms with van der Waals surface area (Å²) in [6.45, 7) is 1.60. The second-order valence-corrected chi connectivity index (χ2v) is 7.63. The first-order chi connectivity index (χ1) is 14.5. The number of carbonyl (C=O) groups is 1. The number of nitrogens with two attached hydrogens (primary N) is 2. The molecule has 3 aromatic rings. The van der Waals surface area contributed by atoms with Crippen LogP contribution >= 0.6 is 11.6 Å². The Hall–Kier alpha value is -3.23. The van der Waals surface area contributed by atoms with Crippen LogP contribution in [-0.2, 0) is 0 Å². The molecule has 9 heteroatoms. The summed E-state index contributed by atoms with van der Waals surface area (Å²) in [5.74, 6) is -0.418. The van der Waals surface area contributed by atoms with Gasteiger partial charge < -0.3 is 21.7 Å². The van der Waals surface area contributed by atoms with E-state index in [-0.39, 0.29) is 17.4 Å². The Morgan fingerprint density at radius 2 is 2.00 bits per heavy atom. The minimum absolute atomic E-state index is 0.108. The first-order valence-electron chi connectivity index (χ1n) is 9.65. The average molecular weight is 424 g/mol. The van der Waals surface area contributed by atoms with Gasteiger partial charge in [-0.1, -0.05) is 11.6 Å². The number of nitrogen functional groups attached to an aromatic ring is 1. The van der Waals surface area contributed by atoms with Crippen molar-refractivity contribution in [2.75, 3.05) is 29.0 Å². The molecule has 0 radical (unpaired) electrons. The molecule has 3 aromatic heterocycles. The molecule has 0 aliphatic carbocycles. The van der Waals surface area contributed by atoms with Crippen molar-refractivity contribution in [3.8, 4) is 11.4 Å². The van der Waals surface area contributed by atoms with E-state index in [2.05, 4.69) is 25.2 Å². The van der Waals surface area contributed by atoms with Crippen LogP contribution in [0.4, 0.5) is 17.1 Å². The molecule has 0 spiro atoms. The highest BCUT2D eigenvalue weighted by molar-refractivity contribution is 6.30. The van der Waals surface area contributed by atoms with Crippen molar-refractivity contribution in [2.45, 2.75) is 18.9 Å². The Labute approximate surface area is 179 Å². The molecular formula is C21H22ClN7O. The van der Waals surface area contributed by atoms with Crippen LogP contribution in [0.3, 0.4) is 0 Å². The summed E-state index contributed by atoms with van der Waals surface area (Å²) in [5.41, 5.74) is 15.1. The van der Waals surface area contributed by atoms with Gasteiger partial charge >= 0.3 is 0 Å². The third-order valence-electron chi connectivity index (χ3n) is 4.98. The van der Waals surface area contributed by atoms with Crippen LogP contribution in [0, 0.1) is 0 Å². The summed E-state index contributed by atoms with van der Waals surface area (Å²) in [5, 5.41) is 3.42. The molecule has 0 aromatic carbocycles. The van der Waals surface area contributed by atoms with E-state index in [0.717, 1.165) is 31.6 Å². The number of hydrogen-bond acceptors (Lipinski definition) is 7. The zero-order valence-electron chi connectivity index (χ0n) is 16.3. The van der Waals surface area contributed by atoms with E-state index in [0.29, 0.717) is 22.1 Å². The van der Waals surface area contributed by atoms with Gasteiger partial charge in [0.25, 0.3) is 5.91 Å². The topological polar surface area (TPSA) is 123 Å². The van der Waals surface area contributed by atoms with Gasteiger partial charge in [-0.25, -0.2) is 4.98 Å². The van der Waals surface area contributed by atoms with Crippen molar-refractivity contribution in [1.82, 2.24) is 15.0 Å². The zero-order valence-corrected chi connectivity index (χ0v) is 17.0. The SMILES string of the molecule is Nc1ccc(-c2ccc(Cl)cn2)nc1C(=O)Nc1cnccc1N1CCC[C@H](N)C1. The molecule has 0 bridgehead atoms. The number of nitrogens with one attached hydrogen (secondary N) is 1. The van der Waals surface area contributed by atoms with Crippen LogP contribution in [-0.4, -0.2) is 40.0 Å². The van der Waals surface area contributed by atoms with Crippen LogP contribution in [0.25, 0.3) is 11.4 Å². The summed E-state index contributed by atoms with van der Waals surface area (Å²) >= 11 is 5.90. The predicted molar refractivity (Wildman–Crippen MR) is 119 cm³/mol. The Morgan fingerprint density at radius 3 is 2.77 bits per heavy atom. The summed E-state index contributed by atoms with van der Waals surface area (Å²) < 4.78 is 0. The molecule has 8 nitrogen and oxygen atoms in total. The minimum atomic E-state index is -0.418. The van der Waals surface area contributed by atoms with Crippen molar-refractivity contribution in [1.29, 1.82) is 0 Å². The molecule has 1 amide bonds. The van der Waals surface area contributed by atoms with E-state index in [1.807, 2.05) is 6.07 Å². The molecule has 30 heavy (non-hydrogen) atoms. The van der Waals surface area contributed by atoms with E-state index in [4.69, 9.17) is 23.1 Å². The van der Waals surface area contributed by atoms with E-state index < -0.39 is 5.91 Å². The highest BCUT2D eigenvalue weighted by Crippen LogP contribution is 2.28. The van der Waals surface area contributed by atoms with Crippen LogP contribution in [0.1, 0.15) is 23.3 Å². The number of hydrogen-bond donors (Lipinski definition) is 3. The van der Waals surface area contributed by atoms with Crippen LogP contribution in [0.5, 0.6) is 0 Å². The molecule has 154 valence electrons. The smallest absolute Gasteiger partial charge is 0.276 e. The molecule has 1 aliphatic rings. The first kappa shape index (κ1) is 20.1. The summed E-state index contributed by atoms with van der Waals surface area (Å²) in [6.07, 6.45) is 6.84. The Bertz CT molecular complexity index is 1060. The fourth-order valence-electron chi connectivity index (χ4n) is 3.49. The fraction of sp³-hybridized carbons (Fsp3) is 0.238. The van der Waals surface area contributed by atoms with Gasteiger partial charge in [-0.15, -0.1) is 0 Å². The molecular weight excluding hydrogens is 402 g/mol. The molecule has 0 saturated carbocycles. The Balaban J connectivity index is 1.60. The molecule has 1 fully saturated rings. The molecule has 1 aliphatic heterocycles. The molecule has 5 N–H and O–H groups in total. The first-order valence-corrected chi connectivity index (χ1v) is 10.0. The molecule has 1 saturated heterocycles. The number of pyridine rings is 3. The summed E-state index contributed by atoms with van der Waals surface area (Å²) in [6, 6.07) is 8.79. The van der Waals surface area contributed by atoms with Gasteiger partial charge in [0.15, 0.2) is 5.69 Å². The van der Waals surface area contributed by atoms with Crippen molar-refractivity contribution in [2.24, 2.45) is 5.73 Å². The fourth-order valence-corrected chi connectivity index (χ4v) is 3.60. The number of carbonyl (C=O) groups excluding carboxylic acids is 1. The summed E-state index contributed by atoms with van der Waals surface area (Å²) in [4.78, 5) is 28.0. The number of amides is 1. The van der Waals surface area contributed by atoms with E-state index >= 15 is 0 Å². The second-order valence-electron chi connectivity index (χ2n) is 7.19. The third-order valence-corrected chi connectivity index (χ3v) is 5.20. The normalized spacial score (nSPS) is 16.3. The maximum atomic E-state index is 13.0. The lowest BCUT2D eigenvalue weighted by Crippen LogP contribution is -2.43. The Kier molecular flexibility index (Phi) is 5.78. The lowest BCUT2D eigenvalue weighted by Gasteiger charge is -2.33. The number of halogens is 1. The van der Waals surface area contributed by atoms with Crippen LogP contribution in [0.15, 0.2) is 48.9 Å². The van der Waals surface area contributed by atoms with Gasteiger partial charge in [-0.2, -0.15) is 0 Å². The van der Waals surface area contributed by atoms with Gasteiger partial charge in [0.2, 0.25) is 0 Å². The number of aromatic nitrogens is 3. The molecule has 4 rings (SSSR count). The highest BCUT2D eigenvalue weighted by atomic mass is 35.5. The van der Waals surface area contributed by atoms with Crippen molar-refractivity contribution in [3.63, 3.8) is 0 Å². The van der Waals surface area contributed by atoms with Crippen molar-refractivity contribution >= 4 is 34.6 Å². The van der Waals surface area contributed by atoms with Crippen LogP contribution in [0.2, 0.25) is 5.02 Å².